The van der Waals surface area contributed by atoms with Gasteiger partial charge in [-0.15, -0.1) is 0 Å². The predicted octanol–water partition coefficient (Wildman–Crippen LogP) is 4.74. The van der Waals surface area contributed by atoms with Crippen molar-refractivity contribution in [1.29, 1.82) is 0 Å². The van der Waals surface area contributed by atoms with Crippen molar-refractivity contribution >= 4 is 23.5 Å². The van der Waals surface area contributed by atoms with Gasteiger partial charge in [0.05, 0.1) is 17.1 Å². The summed E-state index contributed by atoms with van der Waals surface area (Å²) in [7, 11) is 0. The molecule has 190 valence electrons. The van der Waals surface area contributed by atoms with Gasteiger partial charge in [0.15, 0.2) is 0 Å². The van der Waals surface area contributed by atoms with Crippen LogP contribution >= 0.6 is 11.6 Å². The first-order valence-electron chi connectivity index (χ1n) is 11.8. The van der Waals surface area contributed by atoms with Crippen molar-refractivity contribution < 1.29 is 24.2 Å². The first kappa shape index (κ1) is 27.2. The highest BCUT2D eigenvalue weighted by molar-refractivity contribution is 6.30. The molecule has 0 aromatic heterocycles. The number of hydrogen-bond donors (Lipinski definition) is 2. The second-order valence-corrected chi connectivity index (χ2v) is 9.34. The minimum absolute atomic E-state index is 0.00887. The molecule has 0 bridgehead atoms. The van der Waals surface area contributed by atoms with Crippen LogP contribution in [0, 0.1) is 5.92 Å². The summed E-state index contributed by atoms with van der Waals surface area (Å²) in [6.07, 6.45) is 3.68. The van der Waals surface area contributed by atoms with E-state index in [2.05, 4.69) is 18.5 Å². The number of carbonyl (C=O) groups is 2. The minimum atomic E-state index is -1.51. The van der Waals surface area contributed by atoms with Crippen molar-refractivity contribution in [3.8, 4) is 0 Å². The molecule has 0 aliphatic heterocycles. The number of aliphatic hydroxyl groups is 1. The Bertz CT molecular complexity index is 1110. The number of carbonyl (C=O) groups excluding carboxylic acids is 2. The van der Waals surface area contributed by atoms with Gasteiger partial charge in [-0.1, -0.05) is 79.4 Å². The molecule has 1 aliphatic carbocycles. The zero-order chi connectivity index (χ0) is 26.1. The molecular weight excluding hydrogens is 478 g/mol. The maximum Gasteiger partial charge on any atom is 0.336 e. The van der Waals surface area contributed by atoms with E-state index in [1.54, 1.807) is 31.2 Å². The van der Waals surface area contributed by atoms with Crippen molar-refractivity contribution in [2.75, 3.05) is 19.8 Å². The van der Waals surface area contributed by atoms with Crippen LogP contribution in [0.1, 0.15) is 30.4 Å². The lowest BCUT2D eigenvalue weighted by molar-refractivity contribution is -0.159. The molecule has 36 heavy (non-hydrogen) atoms. The second-order valence-electron chi connectivity index (χ2n) is 8.90. The highest BCUT2D eigenvalue weighted by Gasteiger charge is 2.52. The molecule has 6 nitrogen and oxygen atoms in total. The third kappa shape index (κ3) is 6.65. The molecule has 2 aromatic rings. The van der Waals surface area contributed by atoms with Gasteiger partial charge >= 0.3 is 11.9 Å². The van der Waals surface area contributed by atoms with Gasteiger partial charge in [0.1, 0.15) is 13.2 Å². The summed E-state index contributed by atoms with van der Waals surface area (Å²) < 4.78 is 10.8. The Labute approximate surface area is 217 Å². The Morgan fingerprint density at radius 1 is 1.08 bits per heavy atom. The Morgan fingerprint density at radius 3 is 2.36 bits per heavy atom. The number of benzene rings is 2. The van der Waals surface area contributed by atoms with E-state index in [9.17, 15) is 14.7 Å². The number of nitrogens with one attached hydrogen (secondary N) is 1. The molecule has 0 unspecified atom stereocenters. The first-order valence-corrected chi connectivity index (χ1v) is 12.2. The fraction of sp³-hybridized carbons (Fsp3) is 0.310. The topological polar surface area (TPSA) is 84.9 Å². The van der Waals surface area contributed by atoms with Crippen LogP contribution < -0.4 is 5.32 Å². The van der Waals surface area contributed by atoms with Crippen LogP contribution in [0.15, 0.2) is 91.2 Å². The van der Waals surface area contributed by atoms with E-state index in [-0.39, 0.29) is 25.2 Å². The molecule has 2 N–H and O–H groups in total. The van der Waals surface area contributed by atoms with E-state index in [1.807, 2.05) is 30.3 Å². The maximum absolute atomic E-state index is 13.4. The average Bonchev–Trinajstić information content (AvgIpc) is 2.86. The molecule has 1 aliphatic rings. The zero-order valence-corrected chi connectivity index (χ0v) is 21.2. The monoisotopic (exact) mass is 509 g/mol. The largest absolute Gasteiger partial charge is 0.461 e. The molecule has 0 radical (unpaired) electrons. The van der Waals surface area contributed by atoms with Gasteiger partial charge in [0, 0.05) is 29.6 Å². The van der Waals surface area contributed by atoms with Crippen molar-refractivity contribution in [3.63, 3.8) is 0 Å². The van der Waals surface area contributed by atoms with Crippen LogP contribution in [-0.4, -0.2) is 42.4 Å². The molecule has 3 rings (SSSR count). The Balaban J connectivity index is 2.09. The quantitative estimate of drug-likeness (QED) is 0.336. The van der Waals surface area contributed by atoms with Gasteiger partial charge in [-0.3, -0.25) is 4.79 Å². The molecule has 0 spiro atoms. The third-order valence-corrected chi connectivity index (χ3v) is 6.40. The number of esters is 2. The van der Waals surface area contributed by atoms with Gasteiger partial charge in [0.2, 0.25) is 0 Å². The van der Waals surface area contributed by atoms with Crippen LogP contribution in [0.4, 0.5) is 0 Å². The lowest BCUT2D eigenvalue weighted by Gasteiger charge is -2.43. The smallest absolute Gasteiger partial charge is 0.336 e. The average molecular weight is 510 g/mol. The van der Waals surface area contributed by atoms with Crippen molar-refractivity contribution in [2.24, 2.45) is 5.92 Å². The molecular formula is C29H32ClNO5. The van der Waals surface area contributed by atoms with Gasteiger partial charge in [-0.2, -0.15) is 0 Å². The molecule has 2 aromatic carbocycles. The third-order valence-electron chi connectivity index (χ3n) is 6.15. The number of halogens is 1. The van der Waals surface area contributed by atoms with Gasteiger partial charge in [0.25, 0.3) is 0 Å². The minimum Gasteiger partial charge on any atom is -0.461 e. The Hall–Kier alpha value is -3.35. The number of ether oxygens (including phenoxy) is 2. The predicted molar refractivity (Wildman–Crippen MR) is 140 cm³/mol. The molecule has 0 amide bonds. The summed E-state index contributed by atoms with van der Waals surface area (Å²) in [5, 5.41) is 15.4. The van der Waals surface area contributed by atoms with Crippen molar-refractivity contribution in [3.05, 3.63) is 107 Å². The molecule has 0 saturated carbocycles. The summed E-state index contributed by atoms with van der Waals surface area (Å²) in [5.41, 5.74) is 1.05. The fourth-order valence-electron chi connectivity index (χ4n) is 4.55. The summed E-state index contributed by atoms with van der Waals surface area (Å²) in [6, 6.07) is 16.8. The summed E-state index contributed by atoms with van der Waals surface area (Å²) in [4.78, 5) is 26.6. The summed E-state index contributed by atoms with van der Waals surface area (Å²) >= 11 is 6.12. The van der Waals surface area contributed by atoms with Crippen LogP contribution in [0.2, 0.25) is 5.02 Å². The van der Waals surface area contributed by atoms with Gasteiger partial charge < -0.3 is 19.9 Å². The standard InChI is InChI=1S/C29H32ClNO5/c1-4-17-35-27(32)25-23(31-16-15-20-9-7-6-8-10-20)19-29(3,34)26(28(33)36-18-5-2)24(25)21-11-13-22(30)14-12-21/h4-14,24,26,31,34H,1-2,15-19H2,3H3/t24-,26-,29+/m1/s1. The fourth-order valence-corrected chi connectivity index (χ4v) is 4.68. The van der Waals surface area contributed by atoms with Crippen LogP contribution in [0.5, 0.6) is 0 Å². The molecule has 0 fully saturated rings. The van der Waals surface area contributed by atoms with E-state index in [1.165, 1.54) is 12.2 Å². The van der Waals surface area contributed by atoms with E-state index < -0.39 is 29.4 Å². The van der Waals surface area contributed by atoms with E-state index in [0.717, 1.165) is 5.56 Å². The Morgan fingerprint density at radius 2 is 1.72 bits per heavy atom. The van der Waals surface area contributed by atoms with Crippen LogP contribution in [-0.2, 0) is 25.5 Å². The van der Waals surface area contributed by atoms with Gasteiger partial charge in [-0.05, 0) is 36.6 Å². The van der Waals surface area contributed by atoms with Crippen molar-refractivity contribution in [2.45, 2.75) is 31.3 Å². The summed E-state index contributed by atoms with van der Waals surface area (Å²) in [6.45, 7) is 9.31. The van der Waals surface area contributed by atoms with E-state index in [0.29, 0.717) is 29.2 Å². The molecule has 0 saturated heterocycles. The second kappa shape index (κ2) is 12.6. The molecule has 3 atom stereocenters. The van der Waals surface area contributed by atoms with Crippen LogP contribution in [0.3, 0.4) is 0 Å². The summed E-state index contributed by atoms with van der Waals surface area (Å²) in [5.74, 6) is -3.12. The van der Waals surface area contributed by atoms with Gasteiger partial charge in [-0.25, -0.2) is 4.79 Å². The van der Waals surface area contributed by atoms with Crippen LogP contribution in [0.25, 0.3) is 0 Å². The van der Waals surface area contributed by atoms with E-state index in [4.69, 9.17) is 21.1 Å². The lowest BCUT2D eigenvalue weighted by atomic mass is 9.66. The Kier molecular flexibility index (Phi) is 9.51. The highest BCUT2D eigenvalue weighted by Crippen LogP contribution is 2.47. The first-order chi connectivity index (χ1) is 17.3. The van der Waals surface area contributed by atoms with Crippen molar-refractivity contribution in [1.82, 2.24) is 5.32 Å². The normalized spacial score (nSPS) is 21.4. The zero-order valence-electron chi connectivity index (χ0n) is 20.4. The van der Waals surface area contributed by atoms with E-state index >= 15 is 0 Å². The molecule has 0 heterocycles. The lowest BCUT2D eigenvalue weighted by Crippen LogP contribution is -2.50. The SMILES string of the molecule is C=CCOC(=O)C1=C(NCCc2ccccc2)C[C@](C)(O)[C@@H](C(=O)OCC=C)[C@@H]1c1ccc(Cl)cc1. The maximum atomic E-state index is 13.4. The number of rotatable bonds is 11. The number of hydrogen-bond acceptors (Lipinski definition) is 6. The molecule has 7 heteroatoms. The highest BCUT2D eigenvalue weighted by atomic mass is 35.5.